The third-order valence-electron chi connectivity index (χ3n) is 2.77. The first-order valence-electron chi connectivity index (χ1n) is 6.06. The first-order chi connectivity index (χ1) is 9.92. The number of benzene rings is 1. The van der Waals surface area contributed by atoms with Crippen molar-refractivity contribution in [2.24, 2.45) is 0 Å². The molecule has 0 saturated heterocycles. The average Bonchev–Trinajstić information content (AvgIpc) is 2.88. The van der Waals surface area contributed by atoms with Gasteiger partial charge in [-0.25, -0.2) is 17.6 Å². The van der Waals surface area contributed by atoms with Crippen LogP contribution < -0.4 is 5.32 Å². The van der Waals surface area contributed by atoms with Crippen molar-refractivity contribution < 1.29 is 22.4 Å². The van der Waals surface area contributed by atoms with Crippen molar-refractivity contribution in [3.63, 3.8) is 0 Å². The van der Waals surface area contributed by atoms with Crippen LogP contribution in [0.2, 0.25) is 0 Å². The Bertz CT molecular complexity index is 684. The molecule has 1 aromatic heterocycles. The minimum atomic E-state index is -1.74. The number of carbonyl (C=O) groups is 1. The molecule has 112 valence electrons. The second-order valence-electron chi connectivity index (χ2n) is 4.28. The van der Waals surface area contributed by atoms with Crippen LogP contribution in [0.25, 0.3) is 0 Å². The minimum Gasteiger partial charge on any atom is -0.323 e. The topological polar surface area (TPSA) is 46.9 Å². The maximum absolute atomic E-state index is 13.5. The zero-order valence-electron chi connectivity index (χ0n) is 11.0. The highest BCUT2D eigenvalue weighted by Gasteiger charge is 2.19. The minimum absolute atomic E-state index is 0.250. The van der Waals surface area contributed by atoms with Crippen molar-refractivity contribution >= 4 is 11.6 Å². The SMILES string of the molecule is CCC(=O)Nc1cnn(Cc2c(F)cc(F)c(F)c2F)c1. The number of anilines is 1. The van der Waals surface area contributed by atoms with E-state index in [1.54, 1.807) is 6.92 Å². The average molecular weight is 301 g/mol. The van der Waals surface area contributed by atoms with Crippen molar-refractivity contribution in [1.82, 2.24) is 9.78 Å². The van der Waals surface area contributed by atoms with Gasteiger partial charge < -0.3 is 5.32 Å². The van der Waals surface area contributed by atoms with Gasteiger partial charge >= 0.3 is 0 Å². The lowest BCUT2D eigenvalue weighted by molar-refractivity contribution is -0.115. The maximum atomic E-state index is 13.5. The lowest BCUT2D eigenvalue weighted by Gasteiger charge is -2.06. The van der Waals surface area contributed by atoms with E-state index in [0.717, 1.165) is 4.68 Å². The van der Waals surface area contributed by atoms with E-state index in [9.17, 15) is 22.4 Å². The second-order valence-corrected chi connectivity index (χ2v) is 4.28. The second kappa shape index (κ2) is 5.94. The highest BCUT2D eigenvalue weighted by molar-refractivity contribution is 5.90. The molecule has 8 heteroatoms. The quantitative estimate of drug-likeness (QED) is 0.536. The Kier molecular flexibility index (Phi) is 4.25. The van der Waals surface area contributed by atoms with Gasteiger partial charge in [-0.15, -0.1) is 0 Å². The molecule has 0 bridgehead atoms. The molecule has 0 atom stereocenters. The van der Waals surface area contributed by atoms with Crippen molar-refractivity contribution in [2.75, 3.05) is 5.32 Å². The molecule has 0 fully saturated rings. The van der Waals surface area contributed by atoms with Gasteiger partial charge in [-0.3, -0.25) is 9.48 Å². The number of aromatic nitrogens is 2. The summed E-state index contributed by atoms with van der Waals surface area (Å²) in [6, 6.07) is 0.275. The van der Waals surface area contributed by atoms with E-state index in [4.69, 9.17) is 0 Å². The molecular formula is C13H11F4N3O. The molecule has 0 radical (unpaired) electrons. The van der Waals surface area contributed by atoms with Crippen LogP contribution in [0.3, 0.4) is 0 Å². The van der Waals surface area contributed by atoms with Crippen LogP contribution in [-0.2, 0) is 11.3 Å². The summed E-state index contributed by atoms with van der Waals surface area (Å²) in [4.78, 5) is 11.2. The van der Waals surface area contributed by atoms with Gasteiger partial charge in [-0.05, 0) is 0 Å². The van der Waals surface area contributed by atoms with Gasteiger partial charge in [0.1, 0.15) is 5.82 Å². The monoisotopic (exact) mass is 301 g/mol. The fraction of sp³-hybridized carbons (Fsp3) is 0.231. The molecule has 1 heterocycles. The summed E-state index contributed by atoms with van der Waals surface area (Å²) in [6.07, 6.45) is 2.87. The highest BCUT2D eigenvalue weighted by Crippen LogP contribution is 2.20. The summed E-state index contributed by atoms with van der Waals surface area (Å²) in [5.74, 6) is -6.38. The molecule has 0 unspecified atom stereocenters. The van der Waals surface area contributed by atoms with Crippen LogP contribution in [0.15, 0.2) is 18.5 Å². The van der Waals surface area contributed by atoms with Crippen molar-refractivity contribution in [3.8, 4) is 0 Å². The number of amides is 1. The molecule has 2 rings (SSSR count). The van der Waals surface area contributed by atoms with Crippen LogP contribution in [0, 0.1) is 23.3 Å². The summed E-state index contributed by atoms with van der Waals surface area (Å²) in [5, 5.41) is 6.29. The highest BCUT2D eigenvalue weighted by atomic mass is 19.2. The van der Waals surface area contributed by atoms with Crippen LogP contribution in [0.1, 0.15) is 18.9 Å². The smallest absolute Gasteiger partial charge is 0.224 e. The molecule has 1 N–H and O–H groups in total. The lowest BCUT2D eigenvalue weighted by Crippen LogP contribution is -2.09. The zero-order valence-corrected chi connectivity index (χ0v) is 11.0. The number of nitrogens with zero attached hydrogens (tertiary/aromatic N) is 2. The molecule has 0 aliphatic heterocycles. The van der Waals surface area contributed by atoms with Gasteiger partial charge in [-0.2, -0.15) is 5.10 Å². The van der Waals surface area contributed by atoms with Gasteiger partial charge in [0.15, 0.2) is 17.5 Å². The lowest BCUT2D eigenvalue weighted by atomic mass is 10.2. The fourth-order valence-corrected chi connectivity index (χ4v) is 1.67. The van der Waals surface area contributed by atoms with E-state index in [1.807, 2.05) is 0 Å². The van der Waals surface area contributed by atoms with Gasteiger partial charge in [0.05, 0.1) is 18.4 Å². The Morgan fingerprint density at radius 2 is 1.95 bits per heavy atom. The first-order valence-corrected chi connectivity index (χ1v) is 6.06. The van der Waals surface area contributed by atoms with Crippen LogP contribution in [0.5, 0.6) is 0 Å². The van der Waals surface area contributed by atoms with E-state index in [0.29, 0.717) is 5.69 Å². The number of carbonyl (C=O) groups excluding carboxylic acids is 1. The van der Waals surface area contributed by atoms with E-state index in [-0.39, 0.29) is 18.4 Å². The van der Waals surface area contributed by atoms with E-state index >= 15 is 0 Å². The predicted octanol–water partition coefficient (Wildman–Crippen LogP) is 2.84. The molecule has 0 aliphatic rings. The van der Waals surface area contributed by atoms with Crippen molar-refractivity contribution in [1.29, 1.82) is 0 Å². The molecule has 2 aromatic rings. The summed E-state index contributed by atoms with van der Waals surface area (Å²) in [7, 11) is 0. The summed E-state index contributed by atoms with van der Waals surface area (Å²) >= 11 is 0. The molecule has 1 amide bonds. The third kappa shape index (κ3) is 3.21. The Morgan fingerprint density at radius 3 is 2.62 bits per heavy atom. The standard InChI is InChI=1S/C13H11F4N3O/c1-2-11(21)19-7-4-18-20(5-7)6-8-9(14)3-10(15)13(17)12(8)16/h3-5H,2,6H2,1H3,(H,19,21). The molecule has 1 aromatic carbocycles. The molecule has 21 heavy (non-hydrogen) atoms. The number of rotatable bonds is 4. The molecule has 4 nitrogen and oxygen atoms in total. The van der Waals surface area contributed by atoms with Crippen molar-refractivity contribution in [2.45, 2.75) is 19.9 Å². The molecule has 0 saturated carbocycles. The van der Waals surface area contributed by atoms with Gasteiger partial charge in [0.25, 0.3) is 0 Å². The van der Waals surface area contributed by atoms with Gasteiger partial charge in [-0.1, -0.05) is 6.92 Å². The Morgan fingerprint density at radius 1 is 1.24 bits per heavy atom. The summed E-state index contributed by atoms with van der Waals surface area (Å²) < 4.78 is 54.0. The number of nitrogens with one attached hydrogen (secondary N) is 1. The number of hydrogen-bond donors (Lipinski definition) is 1. The van der Waals surface area contributed by atoms with Gasteiger partial charge in [0.2, 0.25) is 5.91 Å². The summed E-state index contributed by atoms with van der Waals surface area (Å²) in [5.41, 5.74) is -0.310. The van der Waals surface area contributed by atoms with E-state index in [1.165, 1.54) is 12.4 Å². The number of halogens is 4. The Hall–Kier alpha value is -2.38. The third-order valence-corrected chi connectivity index (χ3v) is 2.77. The largest absolute Gasteiger partial charge is 0.323 e. The Balaban J connectivity index is 2.23. The zero-order chi connectivity index (χ0) is 15.6. The number of hydrogen-bond acceptors (Lipinski definition) is 2. The molecular weight excluding hydrogens is 290 g/mol. The predicted molar refractivity (Wildman–Crippen MR) is 66.5 cm³/mol. The maximum Gasteiger partial charge on any atom is 0.224 e. The normalized spacial score (nSPS) is 10.7. The van der Waals surface area contributed by atoms with Crippen LogP contribution >= 0.6 is 0 Å². The van der Waals surface area contributed by atoms with Crippen molar-refractivity contribution in [3.05, 3.63) is 47.3 Å². The van der Waals surface area contributed by atoms with E-state index in [2.05, 4.69) is 10.4 Å². The van der Waals surface area contributed by atoms with Crippen LogP contribution in [-0.4, -0.2) is 15.7 Å². The van der Waals surface area contributed by atoms with E-state index < -0.39 is 35.4 Å². The van der Waals surface area contributed by atoms with Gasteiger partial charge in [0, 0.05) is 24.2 Å². The fourth-order valence-electron chi connectivity index (χ4n) is 1.67. The molecule has 0 aliphatic carbocycles. The molecule has 0 spiro atoms. The Labute approximate surface area is 117 Å². The van der Waals surface area contributed by atoms with Crippen LogP contribution in [0.4, 0.5) is 23.2 Å². The first kappa shape index (κ1) is 15.0. The summed E-state index contributed by atoms with van der Waals surface area (Å²) in [6.45, 7) is 1.22.